The Labute approximate surface area is 191 Å². The zero-order chi connectivity index (χ0) is 23.2. The number of aromatic nitrogens is 2. The molecular formula is C23H27N5O3S. The predicted molar refractivity (Wildman–Crippen MR) is 127 cm³/mol. The molecule has 32 heavy (non-hydrogen) atoms. The van der Waals surface area contributed by atoms with Crippen molar-refractivity contribution in [1.29, 1.82) is 0 Å². The van der Waals surface area contributed by atoms with Crippen LogP contribution in [0.1, 0.15) is 47.5 Å². The van der Waals surface area contributed by atoms with Crippen LogP contribution in [0.25, 0.3) is 10.2 Å². The Morgan fingerprint density at radius 3 is 2.25 bits per heavy atom. The van der Waals surface area contributed by atoms with Gasteiger partial charge in [0, 0.05) is 54.8 Å². The highest BCUT2D eigenvalue weighted by molar-refractivity contribution is 7.20. The molecule has 9 heteroatoms. The smallest absolute Gasteiger partial charge is 0.269 e. The van der Waals surface area contributed by atoms with Crippen LogP contribution in [0.3, 0.4) is 0 Å². The van der Waals surface area contributed by atoms with E-state index in [0.29, 0.717) is 26.2 Å². The van der Waals surface area contributed by atoms with Crippen molar-refractivity contribution in [2.24, 2.45) is 0 Å². The number of hydrogen-bond donors (Lipinski definition) is 0. The highest BCUT2D eigenvalue weighted by atomic mass is 32.1. The van der Waals surface area contributed by atoms with E-state index in [-0.39, 0.29) is 17.0 Å². The third kappa shape index (κ3) is 4.04. The van der Waals surface area contributed by atoms with Gasteiger partial charge in [-0.15, -0.1) is 11.3 Å². The Hall–Kier alpha value is -3.07. The minimum atomic E-state index is -0.399. The minimum absolute atomic E-state index is 0.0329. The zero-order valence-electron chi connectivity index (χ0n) is 19.0. The molecule has 1 aromatic carbocycles. The Bertz CT molecular complexity index is 1190. The van der Waals surface area contributed by atoms with Crippen LogP contribution in [-0.4, -0.2) is 51.9 Å². The molecule has 1 fully saturated rings. The van der Waals surface area contributed by atoms with Crippen LogP contribution in [0, 0.1) is 24.0 Å². The average molecular weight is 454 g/mol. The third-order valence-corrected chi connectivity index (χ3v) is 7.00. The first-order valence-corrected chi connectivity index (χ1v) is 11.4. The van der Waals surface area contributed by atoms with Crippen LogP contribution in [0.5, 0.6) is 0 Å². The van der Waals surface area contributed by atoms with Gasteiger partial charge < -0.3 is 9.80 Å². The van der Waals surface area contributed by atoms with E-state index in [1.165, 1.54) is 23.5 Å². The number of thiophene rings is 1. The van der Waals surface area contributed by atoms with Crippen molar-refractivity contribution in [3.05, 3.63) is 56.3 Å². The molecule has 0 radical (unpaired) electrons. The average Bonchev–Trinajstić information content (AvgIpc) is 3.09. The number of nitrogens with zero attached hydrogens (tertiary/aromatic N) is 5. The number of rotatable bonds is 3. The molecule has 0 saturated carbocycles. The number of non-ortho nitro benzene ring substituents is 1. The normalized spacial score (nSPS) is 14.8. The summed E-state index contributed by atoms with van der Waals surface area (Å²) in [6.45, 7) is 12.8. The van der Waals surface area contributed by atoms with Gasteiger partial charge in [-0.1, -0.05) is 20.8 Å². The molecule has 4 rings (SSSR count). The van der Waals surface area contributed by atoms with E-state index in [9.17, 15) is 14.9 Å². The Balaban J connectivity index is 1.52. The minimum Gasteiger partial charge on any atom is -0.368 e. The number of nitro groups is 1. The first-order chi connectivity index (χ1) is 15.1. The van der Waals surface area contributed by atoms with Gasteiger partial charge >= 0.3 is 0 Å². The fourth-order valence-electron chi connectivity index (χ4n) is 3.97. The summed E-state index contributed by atoms with van der Waals surface area (Å²) in [5.41, 5.74) is 2.72. The number of anilines is 1. The number of aryl methyl sites for hydroxylation is 2. The van der Waals surface area contributed by atoms with Crippen molar-refractivity contribution >= 4 is 38.8 Å². The molecule has 1 saturated heterocycles. The second-order valence-electron chi connectivity index (χ2n) is 9.17. The summed E-state index contributed by atoms with van der Waals surface area (Å²) in [5.74, 6) is 0.824. The van der Waals surface area contributed by atoms with Crippen LogP contribution in [-0.2, 0) is 5.41 Å². The number of hydrogen-bond acceptors (Lipinski definition) is 7. The molecule has 0 atom stereocenters. The van der Waals surface area contributed by atoms with Crippen molar-refractivity contribution in [3.63, 3.8) is 0 Å². The van der Waals surface area contributed by atoms with Crippen LogP contribution in [0.15, 0.2) is 24.3 Å². The monoisotopic (exact) mass is 453 g/mol. The van der Waals surface area contributed by atoms with Gasteiger partial charge in [0.05, 0.1) is 15.5 Å². The number of carbonyl (C=O) groups excluding carboxylic acids is 1. The van der Waals surface area contributed by atoms with Gasteiger partial charge in [0.1, 0.15) is 10.7 Å². The lowest BCUT2D eigenvalue weighted by atomic mass is 9.95. The number of carbonyl (C=O) groups is 1. The molecule has 1 amide bonds. The summed E-state index contributed by atoms with van der Waals surface area (Å²) in [5, 5.41) is 11.8. The van der Waals surface area contributed by atoms with Crippen molar-refractivity contribution < 1.29 is 9.72 Å². The molecule has 0 spiro atoms. The Kier molecular flexibility index (Phi) is 5.62. The molecule has 0 aliphatic carbocycles. The molecule has 8 nitrogen and oxygen atoms in total. The lowest BCUT2D eigenvalue weighted by Gasteiger charge is -2.36. The number of amides is 1. The van der Waals surface area contributed by atoms with Crippen LogP contribution >= 0.6 is 11.3 Å². The maximum absolute atomic E-state index is 13.3. The summed E-state index contributed by atoms with van der Waals surface area (Å²) in [6, 6.07) is 6.56. The van der Waals surface area contributed by atoms with E-state index >= 15 is 0 Å². The standard InChI is InChI=1S/C23H27N5O3S/c1-14-18-15(2)24-22(23(3,4)5)25-20(18)32-19(14)21(29)27-12-10-26(11-13-27)16-6-8-17(9-7-16)28(30)31/h6-9H,10-13H2,1-5H3. The Morgan fingerprint density at radius 1 is 1.06 bits per heavy atom. The summed E-state index contributed by atoms with van der Waals surface area (Å²) < 4.78 is 0. The molecule has 0 bridgehead atoms. The van der Waals surface area contributed by atoms with Gasteiger partial charge in [0.2, 0.25) is 0 Å². The largest absolute Gasteiger partial charge is 0.368 e. The number of fused-ring (bicyclic) bond motifs is 1. The number of benzene rings is 1. The first kappa shape index (κ1) is 22.1. The van der Waals surface area contributed by atoms with Gasteiger partial charge in [0.15, 0.2) is 0 Å². The summed E-state index contributed by atoms with van der Waals surface area (Å²) in [6.07, 6.45) is 0. The topological polar surface area (TPSA) is 92.5 Å². The Morgan fingerprint density at radius 2 is 1.69 bits per heavy atom. The quantitative estimate of drug-likeness (QED) is 0.429. The molecule has 1 aliphatic rings. The van der Waals surface area contributed by atoms with Crippen LogP contribution in [0.2, 0.25) is 0 Å². The van der Waals surface area contributed by atoms with Crippen molar-refractivity contribution in [3.8, 4) is 0 Å². The van der Waals surface area contributed by atoms with E-state index in [4.69, 9.17) is 9.97 Å². The van der Waals surface area contributed by atoms with Crippen molar-refractivity contribution in [2.75, 3.05) is 31.1 Å². The van der Waals surface area contributed by atoms with Gasteiger partial charge in [0.25, 0.3) is 11.6 Å². The van der Waals surface area contributed by atoms with E-state index < -0.39 is 4.92 Å². The fraction of sp³-hybridized carbons (Fsp3) is 0.435. The zero-order valence-corrected chi connectivity index (χ0v) is 19.8. The van der Waals surface area contributed by atoms with E-state index in [1.54, 1.807) is 12.1 Å². The maximum Gasteiger partial charge on any atom is 0.269 e. The van der Waals surface area contributed by atoms with E-state index in [2.05, 4.69) is 25.7 Å². The summed E-state index contributed by atoms with van der Waals surface area (Å²) >= 11 is 1.45. The van der Waals surface area contributed by atoms with Gasteiger partial charge in [-0.2, -0.15) is 0 Å². The fourth-order valence-corrected chi connectivity index (χ4v) is 5.17. The summed E-state index contributed by atoms with van der Waals surface area (Å²) in [7, 11) is 0. The van der Waals surface area contributed by atoms with Crippen molar-refractivity contribution in [2.45, 2.75) is 40.0 Å². The highest BCUT2D eigenvalue weighted by Crippen LogP contribution is 2.34. The number of piperazine rings is 1. The van der Waals surface area contributed by atoms with Crippen LogP contribution in [0.4, 0.5) is 11.4 Å². The third-order valence-electron chi connectivity index (χ3n) is 5.83. The molecule has 168 valence electrons. The van der Waals surface area contributed by atoms with Crippen molar-refractivity contribution in [1.82, 2.24) is 14.9 Å². The molecule has 0 N–H and O–H groups in total. The SMILES string of the molecule is Cc1nc(C(C)(C)C)nc2sc(C(=O)N3CCN(c4ccc([N+](=O)[O-])cc4)CC3)c(C)c12. The summed E-state index contributed by atoms with van der Waals surface area (Å²) in [4.78, 5) is 38.9. The first-order valence-electron chi connectivity index (χ1n) is 10.6. The molecule has 1 aliphatic heterocycles. The second kappa shape index (κ2) is 8.12. The van der Waals surface area contributed by atoms with Gasteiger partial charge in [-0.3, -0.25) is 14.9 Å². The molecule has 3 aromatic rings. The highest BCUT2D eigenvalue weighted by Gasteiger charge is 2.28. The lowest BCUT2D eigenvalue weighted by Crippen LogP contribution is -2.48. The maximum atomic E-state index is 13.3. The molecular weight excluding hydrogens is 426 g/mol. The van der Waals surface area contributed by atoms with E-state index in [1.807, 2.05) is 18.7 Å². The predicted octanol–water partition coefficient (Wildman–Crippen LogP) is 4.48. The molecule has 2 aromatic heterocycles. The molecule has 3 heterocycles. The number of nitro benzene ring substituents is 1. The van der Waals surface area contributed by atoms with Gasteiger partial charge in [-0.25, -0.2) is 9.97 Å². The lowest BCUT2D eigenvalue weighted by molar-refractivity contribution is -0.384. The second-order valence-corrected chi connectivity index (χ2v) is 10.2. The van der Waals surface area contributed by atoms with Gasteiger partial charge in [-0.05, 0) is 31.5 Å². The van der Waals surface area contributed by atoms with E-state index in [0.717, 1.165) is 37.9 Å². The molecule has 0 unspecified atom stereocenters. The van der Waals surface area contributed by atoms with Crippen LogP contribution < -0.4 is 4.90 Å².